The Balaban J connectivity index is 2.92. The fraction of sp³-hybridized carbons (Fsp3) is 0.655. The molecule has 0 aliphatic carbocycles. The highest BCUT2D eigenvalue weighted by molar-refractivity contribution is 5.76. The maximum Gasteiger partial charge on any atom is 0.514 e. The molecule has 0 aromatic heterocycles. The van der Waals surface area contributed by atoms with Crippen molar-refractivity contribution in [2.45, 2.75) is 111 Å². The molecule has 0 aliphatic rings. The van der Waals surface area contributed by atoms with Gasteiger partial charge >= 0.3 is 24.4 Å². The molecule has 0 fully saturated rings. The Labute approximate surface area is 242 Å². The molecule has 0 heterocycles. The van der Waals surface area contributed by atoms with Crippen LogP contribution in [-0.4, -0.2) is 61.0 Å². The molecule has 0 amide bonds. The lowest BCUT2D eigenvalue weighted by molar-refractivity contribution is -0.148. The summed E-state index contributed by atoms with van der Waals surface area (Å²) >= 11 is 0. The van der Waals surface area contributed by atoms with Crippen LogP contribution < -0.4 is 15.2 Å². The van der Waals surface area contributed by atoms with Gasteiger partial charge in [-0.2, -0.15) is 0 Å². The highest BCUT2D eigenvalue weighted by Crippen LogP contribution is 2.31. The first-order chi connectivity index (χ1) is 19.1. The summed E-state index contributed by atoms with van der Waals surface area (Å²) in [6.45, 7) is 14.1. The molecule has 0 saturated heterocycles. The molecule has 0 spiro atoms. The van der Waals surface area contributed by atoms with E-state index in [1.807, 2.05) is 20.8 Å². The fourth-order valence-electron chi connectivity index (χ4n) is 2.84. The summed E-state index contributed by atoms with van der Waals surface area (Å²) in [7, 11) is 0. The van der Waals surface area contributed by atoms with Gasteiger partial charge in [0.15, 0.2) is 11.5 Å². The minimum atomic E-state index is -1.10. The second-order valence-corrected chi connectivity index (χ2v) is 10.7. The molecule has 1 rings (SSSR count). The van der Waals surface area contributed by atoms with Crippen molar-refractivity contribution in [3.63, 3.8) is 0 Å². The normalized spacial score (nSPS) is 12.9. The van der Waals surface area contributed by atoms with Gasteiger partial charge in [0, 0.05) is 0 Å². The molecule has 1 aromatic rings. The van der Waals surface area contributed by atoms with Crippen molar-refractivity contribution in [3.8, 4) is 11.5 Å². The zero-order chi connectivity index (χ0) is 31.2. The molecule has 12 heteroatoms. The van der Waals surface area contributed by atoms with Gasteiger partial charge in [0.25, 0.3) is 0 Å². The van der Waals surface area contributed by atoms with E-state index in [4.69, 9.17) is 38.9 Å². The van der Waals surface area contributed by atoms with E-state index in [1.165, 1.54) is 12.1 Å². The molecular weight excluding hydrogens is 538 g/mol. The number of esters is 1. The molecule has 41 heavy (non-hydrogen) atoms. The number of ether oxygens (including phenoxy) is 7. The van der Waals surface area contributed by atoms with Gasteiger partial charge in [-0.15, -0.1) is 0 Å². The lowest BCUT2D eigenvalue weighted by Gasteiger charge is -2.24. The van der Waals surface area contributed by atoms with E-state index in [1.54, 1.807) is 40.7 Å². The summed E-state index contributed by atoms with van der Waals surface area (Å²) in [5, 5.41) is 0. The van der Waals surface area contributed by atoms with E-state index in [0.29, 0.717) is 24.8 Å². The van der Waals surface area contributed by atoms with Crippen molar-refractivity contribution in [3.05, 3.63) is 23.8 Å². The van der Waals surface area contributed by atoms with Crippen LogP contribution in [0.15, 0.2) is 18.2 Å². The van der Waals surface area contributed by atoms with E-state index < -0.39 is 47.8 Å². The zero-order valence-corrected chi connectivity index (χ0v) is 25.4. The topological polar surface area (TPSA) is 159 Å². The van der Waals surface area contributed by atoms with Crippen LogP contribution >= 0.6 is 0 Å². The number of hydrogen-bond donors (Lipinski definition) is 1. The number of unbranched alkanes of at least 4 members (excludes halogenated alkanes) is 1. The lowest BCUT2D eigenvalue weighted by Crippen LogP contribution is -2.36. The molecule has 0 radical (unpaired) electrons. The summed E-state index contributed by atoms with van der Waals surface area (Å²) in [5.41, 5.74) is 4.94. The van der Waals surface area contributed by atoms with E-state index in [-0.39, 0.29) is 31.1 Å². The maximum atomic E-state index is 12.5. The fourth-order valence-corrected chi connectivity index (χ4v) is 2.84. The van der Waals surface area contributed by atoms with Gasteiger partial charge in [-0.25, -0.2) is 14.4 Å². The summed E-state index contributed by atoms with van der Waals surface area (Å²) in [6, 6.07) is 3.24. The Hall–Kier alpha value is -3.54. The number of benzene rings is 1. The maximum absolute atomic E-state index is 12.5. The van der Waals surface area contributed by atoms with Crippen LogP contribution in [0.5, 0.6) is 11.5 Å². The van der Waals surface area contributed by atoms with Crippen LogP contribution in [0.25, 0.3) is 0 Å². The van der Waals surface area contributed by atoms with Crippen LogP contribution in [0.1, 0.15) is 86.6 Å². The van der Waals surface area contributed by atoms with Crippen molar-refractivity contribution in [2.24, 2.45) is 5.73 Å². The van der Waals surface area contributed by atoms with Gasteiger partial charge in [-0.1, -0.05) is 33.3 Å². The quantitative estimate of drug-likeness (QED) is 0.114. The highest BCUT2D eigenvalue weighted by atomic mass is 16.8. The predicted octanol–water partition coefficient (Wildman–Crippen LogP) is 5.85. The number of rotatable bonds is 15. The summed E-state index contributed by atoms with van der Waals surface area (Å²) < 4.78 is 36.4. The third kappa shape index (κ3) is 14.1. The molecule has 2 N–H and O–H groups in total. The number of nitrogens with two attached hydrogens (primary N) is 1. The largest absolute Gasteiger partial charge is 0.514 e. The number of carbonyl (C=O) groups is 4. The summed E-state index contributed by atoms with van der Waals surface area (Å²) in [5.74, 6) is -0.961. The van der Waals surface area contributed by atoms with Crippen LogP contribution in [0.4, 0.5) is 14.4 Å². The van der Waals surface area contributed by atoms with Crippen LogP contribution in [0, 0.1) is 0 Å². The molecular formula is C29H45NO11. The molecule has 12 nitrogen and oxygen atoms in total. The first-order valence-corrected chi connectivity index (χ1v) is 13.8. The average Bonchev–Trinajstić information content (AvgIpc) is 2.88. The van der Waals surface area contributed by atoms with Crippen molar-refractivity contribution < 1.29 is 52.3 Å². The smallest absolute Gasteiger partial charge is 0.461 e. The number of carbonyl (C=O) groups excluding carboxylic acids is 4. The molecule has 0 aliphatic heterocycles. The van der Waals surface area contributed by atoms with Crippen molar-refractivity contribution in [1.82, 2.24) is 0 Å². The van der Waals surface area contributed by atoms with Crippen molar-refractivity contribution >= 4 is 24.4 Å². The van der Waals surface area contributed by atoms with E-state index in [9.17, 15) is 19.2 Å². The first kappa shape index (κ1) is 35.5. The molecule has 1 aromatic carbocycles. The van der Waals surface area contributed by atoms with Gasteiger partial charge in [-0.05, 0) is 78.0 Å². The Morgan fingerprint density at radius 3 is 1.93 bits per heavy atom. The van der Waals surface area contributed by atoms with Crippen LogP contribution in [0.2, 0.25) is 0 Å². The second kappa shape index (κ2) is 16.7. The van der Waals surface area contributed by atoms with E-state index in [2.05, 4.69) is 0 Å². The minimum Gasteiger partial charge on any atom is -0.461 e. The standard InChI is InChI=1S/C29H45NO11/c1-9-12-15-35-25(32)37-19(4)18-36-24(31)21(30)16-20-13-14-22(38-26(33)40-28(5,6)10-2)23(17-20)39-27(34)41-29(7,8)11-3/h13-14,17,19,21H,9-12,15-16,18,30H2,1-8H3/t19-,21-/m0/s1. The van der Waals surface area contributed by atoms with Crippen LogP contribution in [0.3, 0.4) is 0 Å². The predicted molar refractivity (Wildman–Crippen MR) is 149 cm³/mol. The zero-order valence-electron chi connectivity index (χ0n) is 25.4. The molecule has 232 valence electrons. The number of hydrogen-bond acceptors (Lipinski definition) is 12. The molecule has 2 atom stereocenters. The van der Waals surface area contributed by atoms with Crippen molar-refractivity contribution in [1.29, 1.82) is 0 Å². The lowest BCUT2D eigenvalue weighted by atomic mass is 10.1. The second-order valence-electron chi connectivity index (χ2n) is 10.7. The highest BCUT2D eigenvalue weighted by Gasteiger charge is 2.27. The van der Waals surface area contributed by atoms with Gasteiger partial charge < -0.3 is 38.9 Å². The average molecular weight is 584 g/mol. The third-order valence-corrected chi connectivity index (χ3v) is 6.05. The van der Waals surface area contributed by atoms with Crippen LogP contribution in [-0.2, 0) is 34.9 Å². The van der Waals surface area contributed by atoms with Gasteiger partial charge in [-0.3, -0.25) is 4.79 Å². The molecule has 0 unspecified atom stereocenters. The van der Waals surface area contributed by atoms with Crippen molar-refractivity contribution in [2.75, 3.05) is 13.2 Å². The van der Waals surface area contributed by atoms with E-state index in [0.717, 1.165) is 6.42 Å². The van der Waals surface area contributed by atoms with Gasteiger partial charge in [0.2, 0.25) is 0 Å². The monoisotopic (exact) mass is 583 g/mol. The van der Waals surface area contributed by atoms with E-state index >= 15 is 0 Å². The van der Waals surface area contributed by atoms with Gasteiger partial charge in [0.1, 0.15) is 30.0 Å². The minimum absolute atomic E-state index is 0.00736. The van der Waals surface area contributed by atoms with Gasteiger partial charge in [0.05, 0.1) is 6.61 Å². The Bertz CT molecular complexity index is 1020. The Morgan fingerprint density at radius 1 is 0.829 bits per heavy atom. The third-order valence-electron chi connectivity index (χ3n) is 6.05. The Morgan fingerprint density at radius 2 is 1.39 bits per heavy atom. The summed E-state index contributed by atoms with van der Waals surface area (Å²) in [6.07, 6.45) is -0.924. The molecule has 0 saturated carbocycles. The molecule has 0 bridgehead atoms. The Kier molecular flexibility index (Phi) is 14.4. The summed E-state index contributed by atoms with van der Waals surface area (Å²) in [4.78, 5) is 49.0. The SMILES string of the molecule is CCCCOC(=O)O[C@@H](C)COC(=O)[C@@H](N)Cc1ccc(OC(=O)OC(C)(C)CC)c(OC(=O)OC(C)(C)CC)c1. The first-order valence-electron chi connectivity index (χ1n) is 13.8.